The molecule has 0 bridgehead atoms. The van der Waals surface area contributed by atoms with Gasteiger partial charge in [0.1, 0.15) is 11.9 Å². The highest BCUT2D eigenvalue weighted by atomic mass is 16.5. The molecule has 0 spiro atoms. The van der Waals surface area contributed by atoms with Gasteiger partial charge in [-0.1, -0.05) is 0 Å². The van der Waals surface area contributed by atoms with Crippen molar-refractivity contribution in [2.24, 2.45) is 0 Å². The second kappa shape index (κ2) is 5.57. The van der Waals surface area contributed by atoms with E-state index in [1.165, 1.54) is 4.90 Å². The molecule has 1 aliphatic rings. The first-order valence-electron chi connectivity index (χ1n) is 5.83. The summed E-state index contributed by atoms with van der Waals surface area (Å²) in [4.78, 5) is 16.2. The highest BCUT2D eigenvalue weighted by Crippen LogP contribution is 2.19. The van der Waals surface area contributed by atoms with E-state index in [1.807, 2.05) is 0 Å². The van der Waals surface area contributed by atoms with Gasteiger partial charge in [0, 0.05) is 32.0 Å². The van der Waals surface area contributed by atoms with Crippen LogP contribution in [0.2, 0.25) is 0 Å². The molecule has 1 N–H and O–H groups in total. The van der Waals surface area contributed by atoms with Crippen LogP contribution in [0.5, 0.6) is 11.6 Å². The fraction of sp³-hybridized carbons (Fsp3) is 0.500. The molecule has 0 unspecified atom stereocenters. The van der Waals surface area contributed by atoms with Crippen molar-refractivity contribution in [2.45, 2.75) is 18.9 Å². The van der Waals surface area contributed by atoms with Crippen molar-refractivity contribution in [2.75, 3.05) is 20.2 Å². The van der Waals surface area contributed by atoms with E-state index in [-0.39, 0.29) is 6.10 Å². The van der Waals surface area contributed by atoms with Crippen molar-refractivity contribution in [1.82, 2.24) is 9.88 Å². The predicted octanol–water partition coefficient (Wildman–Crippen LogP) is 1.61. The number of carbonyl (C=O) groups is 1. The van der Waals surface area contributed by atoms with Gasteiger partial charge in [-0.05, 0) is 6.07 Å². The lowest BCUT2D eigenvalue weighted by Crippen LogP contribution is -2.41. The summed E-state index contributed by atoms with van der Waals surface area (Å²) in [5.74, 6) is 1.23. The second-order valence-corrected chi connectivity index (χ2v) is 4.12. The van der Waals surface area contributed by atoms with E-state index < -0.39 is 6.09 Å². The Balaban J connectivity index is 1.85. The van der Waals surface area contributed by atoms with Crippen LogP contribution >= 0.6 is 0 Å². The number of hydrogen-bond donors (Lipinski definition) is 1. The Morgan fingerprint density at radius 3 is 2.67 bits per heavy atom. The fourth-order valence-corrected chi connectivity index (χ4v) is 1.91. The summed E-state index contributed by atoms with van der Waals surface area (Å²) < 4.78 is 10.7. The molecular weight excluding hydrogens is 236 g/mol. The molecule has 2 heterocycles. The number of aromatic nitrogens is 1. The molecule has 0 aliphatic carbocycles. The van der Waals surface area contributed by atoms with Gasteiger partial charge in [-0.25, -0.2) is 9.78 Å². The molecule has 0 saturated carbocycles. The molecule has 1 fully saturated rings. The first kappa shape index (κ1) is 12.5. The van der Waals surface area contributed by atoms with Crippen LogP contribution in [0.1, 0.15) is 12.8 Å². The van der Waals surface area contributed by atoms with Gasteiger partial charge in [0.05, 0.1) is 13.3 Å². The molecule has 6 heteroatoms. The molecule has 0 atom stereocenters. The Morgan fingerprint density at radius 1 is 1.44 bits per heavy atom. The third-order valence-corrected chi connectivity index (χ3v) is 2.93. The number of nitrogens with zero attached hydrogens (tertiary/aromatic N) is 2. The number of ether oxygens (including phenoxy) is 2. The summed E-state index contributed by atoms with van der Waals surface area (Å²) in [6, 6.07) is 3.54. The van der Waals surface area contributed by atoms with Gasteiger partial charge < -0.3 is 19.5 Å². The van der Waals surface area contributed by atoms with E-state index >= 15 is 0 Å². The first-order chi connectivity index (χ1) is 8.69. The number of amides is 1. The summed E-state index contributed by atoms with van der Waals surface area (Å²) in [6.07, 6.45) is 2.22. The largest absolute Gasteiger partial charge is 0.489 e. The third kappa shape index (κ3) is 3.03. The van der Waals surface area contributed by atoms with Gasteiger partial charge in [-0.3, -0.25) is 0 Å². The molecule has 1 amide bonds. The Bertz CT molecular complexity index is 399. The molecule has 6 nitrogen and oxygen atoms in total. The Morgan fingerprint density at radius 2 is 2.17 bits per heavy atom. The highest BCUT2D eigenvalue weighted by Gasteiger charge is 2.23. The summed E-state index contributed by atoms with van der Waals surface area (Å²) in [5, 5.41) is 8.83. The Kier molecular flexibility index (Phi) is 3.86. The molecule has 1 saturated heterocycles. The molecule has 18 heavy (non-hydrogen) atoms. The fourth-order valence-electron chi connectivity index (χ4n) is 1.91. The van der Waals surface area contributed by atoms with E-state index in [2.05, 4.69) is 4.98 Å². The molecule has 0 radical (unpaired) electrons. The minimum atomic E-state index is -0.862. The van der Waals surface area contributed by atoms with Gasteiger partial charge >= 0.3 is 6.09 Å². The van der Waals surface area contributed by atoms with Crippen LogP contribution in [0.15, 0.2) is 18.3 Å². The van der Waals surface area contributed by atoms with Crippen molar-refractivity contribution < 1.29 is 19.4 Å². The molecular formula is C12H16N2O4. The van der Waals surface area contributed by atoms with E-state index in [9.17, 15) is 4.79 Å². The van der Waals surface area contributed by atoms with Crippen LogP contribution in [0.4, 0.5) is 4.79 Å². The lowest BCUT2D eigenvalue weighted by molar-refractivity contribution is 0.0892. The van der Waals surface area contributed by atoms with Gasteiger partial charge in [-0.15, -0.1) is 0 Å². The van der Waals surface area contributed by atoms with Crippen LogP contribution in [-0.2, 0) is 0 Å². The number of pyridine rings is 1. The number of rotatable bonds is 3. The van der Waals surface area contributed by atoms with Gasteiger partial charge in [0.25, 0.3) is 0 Å². The second-order valence-electron chi connectivity index (χ2n) is 4.12. The molecule has 1 aromatic heterocycles. The standard InChI is InChI=1S/C12H16N2O4/c1-17-11-3-2-10(8-13-11)18-9-4-6-14(7-5-9)12(15)16/h2-3,8-9H,4-7H2,1H3,(H,15,16). The lowest BCUT2D eigenvalue weighted by Gasteiger charge is -2.30. The quantitative estimate of drug-likeness (QED) is 0.884. The number of methoxy groups -OCH3 is 1. The molecule has 2 rings (SSSR count). The summed E-state index contributed by atoms with van der Waals surface area (Å²) in [5.41, 5.74) is 0. The summed E-state index contributed by atoms with van der Waals surface area (Å²) in [6.45, 7) is 1.03. The minimum absolute atomic E-state index is 0.0517. The van der Waals surface area contributed by atoms with E-state index in [0.717, 1.165) is 0 Å². The topological polar surface area (TPSA) is 71.9 Å². The SMILES string of the molecule is COc1ccc(OC2CCN(C(=O)O)CC2)cn1. The molecule has 98 valence electrons. The lowest BCUT2D eigenvalue weighted by atomic mass is 10.1. The zero-order chi connectivity index (χ0) is 13.0. The maximum Gasteiger partial charge on any atom is 0.407 e. The smallest absolute Gasteiger partial charge is 0.407 e. The van der Waals surface area contributed by atoms with E-state index in [1.54, 1.807) is 25.4 Å². The Labute approximate surface area is 105 Å². The van der Waals surface area contributed by atoms with E-state index in [4.69, 9.17) is 14.6 Å². The normalized spacial score (nSPS) is 16.4. The van der Waals surface area contributed by atoms with Crippen molar-refractivity contribution in [3.05, 3.63) is 18.3 Å². The number of carboxylic acid groups (broad SMARTS) is 1. The van der Waals surface area contributed by atoms with Crippen LogP contribution in [0, 0.1) is 0 Å². The Hall–Kier alpha value is -1.98. The maximum absolute atomic E-state index is 10.8. The predicted molar refractivity (Wildman–Crippen MR) is 64.0 cm³/mol. The molecule has 0 aromatic carbocycles. The van der Waals surface area contributed by atoms with Crippen LogP contribution in [-0.4, -0.2) is 47.4 Å². The van der Waals surface area contributed by atoms with Crippen molar-refractivity contribution in [3.63, 3.8) is 0 Å². The van der Waals surface area contributed by atoms with Gasteiger partial charge in [0.15, 0.2) is 0 Å². The van der Waals surface area contributed by atoms with Crippen LogP contribution < -0.4 is 9.47 Å². The summed E-state index contributed by atoms with van der Waals surface area (Å²) >= 11 is 0. The third-order valence-electron chi connectivity index (χ3n) is 2.93. The zero-order valence-electron chi connectivity index (χ0n) is 10.2. The summed E-state index contributed by atoms with van der Waals surface area (Å²) in [7, 11) is 1.56. The minimum Gasteiger partial charge on any atom is -0.489 e. The van der Waals surface area contributed by atoms with Gasteiger partial charge in [-0.2, -0.15) is 0 Å². The van der Waals surface area contributed by atoms with Crippen molar-refractivity contribution in [1.29, 1.82) is 0 Å². The monoisotopic (exact) mass is 252 g/mol. The van der Waals surface area contributed by atoms with Crippen LogP contribution in [0.25, 0.3) is 0 Å². The average Bonchev–Trinajstić information content (AvgIpc) is 2.40. The molecule has 1 aliphatic heterocycles. The first-order valence-corrected chi connectivity index (χ1v) is 5.83. The van der Waals surface area contributed by atoms with Crippen molar-refractivity contribution >= 4 is 6.09 Å². The maximum atomic E-state index is 10.8. The van der Waals surface area contributed by atoms with Crippen LogP contribution in [0.3, 0.4) is 0 Å². The highest BCUT2D eigenvalue weighted by molar-refractivity contribution is 5.65. The zero-order valence-corrected chi connectivity index (χ0v) is 10.2. The van der Waals surface area contributed by atoms with Gasteiger partial charge in [0.2, 0.25) is 5.88 Å². The van der Waals surface area contributed by atoms with E-state index in [0.29, 0.717) is 37.6 Å². The number of likely N-dealkylation sites (tertiary alicyclic amines) is 1. The number of piperidine rings is 1. The average molecular weight is 252 g/mol. The molecule has 1 aromatic rings. The number of hydrogen-bond acceptors (Lipinski definition) is 4. The van der Waals surface area contributed by atoms with Crippen molar-refractivity contribution in [3.8, 4) is 11.6 Å².